The second-order valence-corrected chi connectivity index (χ2v) is 4.02. The molecule has 1 aromatic heterocycles. The molecule has 0 bridgehead atoms. The van der Waals surface area contributed by atoms with E-state index in [-0.39, 0.29) is 0 Å². The van der Waals surface area contributed by atoms with E-state index in [2.05, 4.69) is 30.2 Å². The molecule has 0 unspecified atom stereocenters. The largest absolute Gasteiger partial charge is 0.382 e. The van der Waals surface area contributed by atoms with Crippen molar-refractivity contribution < 1.29 is 0 Å². The van der Waals surface area contributed by atoms with Gasteiger partial charge in [-0.1, -0.05) is 31.5 Å². The molecule has 16 heavy (non-hydrogen) atoms. The van der Waals surface area contributed by atoms with Gasteiger partial charge in [0, 0.05) is 11.8 Å². The fourth-order valence-corrected chi connectivity index (χ4v) is 1.81. The number of rotatable bonds is 3. The maximum Gasteiger partial charge on any atom is 0.148 e. The number of aromatic nitrogens is 2. The van der Waals surface area contributed by atoms with Gasteiger partial charge in [-0.15, -0.1) is 0 Å². The molecule has 0 saturated carbocycles. The van der Waals surface area contributed by atoms with Crippen LogP contribution in [0, 0.1) is 6.92 Å². The van der Waals surface area contributed by atoms with E-state index in [4.69, 9.17) is 5.73 Å². The van der Waals surface area contributed by atoms with Gasteiger partial charge in [0.05, 0.1) is 5.69 Å². The molecule has 2 N–H and O–H groups in total. The Morgan fingerprint density at radius 3 is 2.69 bits per heavy atom. The Labute approximate surface area is 95.9 Å². The quantitative estimate of drug-likeness (QED) is 0.855. The van der Waals surface area contributed by atoms with Crippen molar-refractivity contribution in [1.29, 1.82) is 0 Å². The second kappa shape index (κ2) is 4.39. The van der Waals surface area contributed by atoms with Crippen molar-refractivity contribution in [3.63, 3.8) is 0 Å². The first kappa shape index (κ1) is 10.7. The fourth-order valence-electron chi connectivity index (χ4n) is 1.81. The molecule has 0 radical (unpaired) electrons. The highest BCUT2D eigenvalue weighted by molar-refractivity contribution is 5.45. The summed E-state index contributed by atoms with van der Waals surface area (Å²) in [6.45, 7) is 4.15. The first-order valence-corrected chi connectivity index (χ1v) is 5.62. The van der Waals surface area contributed by atoms with Gasteiger partial charge in [-0.2, -0.15) is 5.10 Å². The number of para-hydroxylation sites is 1. The first-order chi connectivity index (χ1) is 7.72. The smallest absolute Gasteiger partial charge is 0.148 e. The lowest BCUT2D eigenvalue weighted by atomic mass is 10.1. The molecule has 0 spiro atoms. The molecule has 0 atom stereocenters. The Morgan fingerprint density at radius 1 is 1.31 bits per heavy atom. The molecule has 3 nitrogen and oxygen atoms in total. The number of nitrogens with two attached hydrogens (primary N) is 1. The summed E-state index contributed by atoms with van der Waals surface area (Å²) in [5.74, 6) is 0.603. The number of aryl methyl sites for hydroxylation is 2. The van der Waals surface area contributed by atoms with Crippen molar-refractivity contribution in [2.75, 3.05) is 5.73 Å². The summed E-state index contributed by atoms with van der Waals surface area (Å²) < 4.78 is 1.87. The van der Waals surface area contributed by atoms with Gasteiger partial charge in [0.25, 0.3) is 0 Å². The van der Waals surface area contributed by atoms with Crippen molar-refractivity contribution in [1.82, 2.24) is 9.78 Å². The van der Waals surface area contributed by atoms with Crippen LogP contribution in [0.1, 0.15) is 24.5 Å². The molecule has 0 fully saturated rings. The lowest BCUT2D eigenvalue weighted by Crippen LogP contribution is -2.00. The zero-order chi connectivity index (χ0) is 11.5. The van der Waals surface area contributed by atoms with Crippen LogP contribution in [-0.4, -0.2) is 9.78 Å². The Hall–Kier alpha value is -1.77. The predicted octanol–water partition coefficient (Wildman–Crippen LogP) is 2.72. The second-order valence-electron chi connectivity index (χ2n) is 4.02. The predicted molar refractivity (Wildman–Crippen MR) is 66.7 cm³/mol. The lowest BCUT2D eigenvalue weighted by molar-refractivity contribution is 0.842. The standard InChI is InChI=1S/C13H17N3/c1-3-6-11-7-4-5-8-12(11)16-9-10(2)13(14)15-16/h4-5,7-9H,3,6H2,1-2H3,(H2,14,15). The zero-order valence-electron chi connectivity index (χ0n) is 9.77. The Bertz CT molecular complexity index is 466. The summed E-state index contributed by atoms with van der Waals surface area (Å²) in [5, 5.41) is 4.32. The molecule has 84 valence electrons. The van der Waals surface area contributed by atoms with Gasteiger partial charge in [-0.3, -0.25) is 0 Å². The minimum Gasteiger partial charge on any atom is -0.382 e. The van der Waals surface area contributed by atoms with Crippen LogP contribution in [0.4, 0.5) is 5.82 Å². The van der Waals surface area contributed by atoms with E-state index in [0.717, 1.165) is 24.1 Å². The number of benzene rings is 1. The van der Waals surface area contributed by atoms with Crippen LogP contribution in [-0.2, 0) is 6.42 Å². The molecule has 1 aromatic carbocycles. The summed E-state index contributed by atoms with van der Waals surface area (Å²) in [6.07, 6.45) is 4.17. The minimum absolute atomic E-state index is 0.603. The van der Waals surface area contributed by atoms with Crippen molar-refractivity contribution in [2.45, 2.75) is 26.7 Å². The van der Waals surface area contributed by atoms with Gasteiger partial charge in [0.2, 0.25) is 0 Å². The Kier molecular flexibility index (Phi) is 2.95. The minimum atomic E-state index is 0.603. The SMILES string of the molecule is CCCc1ccccc1-n1cc(C)c(N)n1. The van der Waals surface area contributed by atoms with Gasteiger partial charge >= 0.3 is 0 Å². The maximum absolute atomic E-state index is 5.77. The van der Waals surface area contributed by atoms with Crippen molar-refractivity contribution in [2.24, 2.45) is 0 Å². The summed E-state index contributed by atoms with van der Waals surface area (Å²) >= 11 is 0. The van der Waals surface area contributed by atoms with Crippen LogP contribution < -0.4 is 5.73 Å². The number of nitrogen functional groups attached to an aromatic ring is 1. The topological polar surface area (TPSA) is 43.8 Å². The number of nitrogens with zero attached hydrogens (tertiary/aromatic N) is 2. The third-order valence-corrected chi connectivity index (χ3v) is 2.69. The average Bonchev–Trinajstić information content (AvgIpc) is 2.60. The number of anilines is 1. The third-order valence-electron chi connectivity index (χ3n) is 2.69. The fraction of sp³-hybridized carbons (Fsp3) is 0.308. The van der Waals surface area contributed by atoms with Crippen LogP contribution in [0.5, 0.6) is 0 Å². The first-order valence-electron chi connectivity index (χ1n) is 5.62. The molecule has 1 heterocycles. The van der Waals surface area contributed by atoms with Crippen molar-refractivity contribution >= 4 is 5.82 Å². The van der Waals surface area contributed by atoms with E-state index < -0.39 is 0 Å². The summed E-state index contributed by atoms with van der Waals surface area (Å²) in [6, 6.07) is 8.32. The molecule has 2 aromatic rings. The lowest BCUT2D eigenvalue weighted by Gasteiger charge is -2.07. The van der Waals surface area contributed by atoms with E-state index in [1.165, 1.54) is 5.56 Å². The molecule has 0 aliphatic carbocycles. The van der Waals surface area contributed by atoms with Gasteiger partial charge in [0.1, 0.15) is 5.82 Å². The van der Waals surface area contributed by atoms with E-state index in [9.17, 15) is 0 Å². The Morgan fingerprint density at radius 2 is 2.06 bits per heavy atom. The monoisotopic (exact) mass is 215 g/mol. The van der Waals surface area contributed by atoms with E-state index in [1.54, 1.807) is 0 Å². The maximum atomic E-state index is 5.77. The molecule has 0 aliphatic heterocycles. The van der Waals surface area contributed by atoms with Crippen LogP contribution in [0.15, 0.2) is 30.5 Å². The number of hydrogen-bond acceptors (Lipinski definition) is 2. The van der Waals surface area contributed by atoms with Crippen LogP contribution in [0.3, 0.4) is 0 Å². The van der Waals surface area contributed by atoms with E-state index in [1.807, 2.05) is 23.9 Å². The molecule has 0 aliphatic rings. The summed E-state index contributed by atoms with van der Waals surface area (Å²) in [5.41, 5.74) is 9.23. The van der Waals surface area contributed by atoms with Crippen LogP contribution in [0.2, 0.25) is 0 Å². The Balaban J connectivity index is 2.46. The molecule has 3 heteroatoms. The highest BCUT2D eigenvalue weighted by Crippen LogP contribution is 2.18. The van der Waals surface area contributed by atoms with Gasteiger partial charge in [-0.25, -0.2) is 4.68 Å². The van der Waals surface area contributed by atoms with Crippen molar-refractivity contribution in [3.05, 3.63) is 41.6 Å². The average molecular weight is 215 g/mol. The summed E-state index contributed by atoms with van der Waals surface area (Å²) in [7, 11) is 0. The van der Waals surface area contributed by atoms with E-state index in [0.29, 0.717) is 5.82 Å². The van der Waals surface area contributed by atoms with Crippen LogP contribution in [0.25, 0.3) is 5.69 Å². The molecule has 2 rings (SSSR count). The van der Waals surface area contributed by atoms with Crippen molar-refractivity contribution in [3.8, 4) is 5.69 Å². The van der Waals surface area contributed by atoms with Gasteiger partial charge in [0.15, 0.2) is 0 Å². The highest BCUT2D eigenvalue weighted by atomic mass is 15.3. The van der Waals surface area contributed by atoms with Crippen LogP contribution >= 0.6 is 0 Å². The van der Waals surface area contributed by atoms with Gasteiger partial charge < -0.3 is 5.73 Å². The highest BCUT2D eigenvalue weighted by Gasteiger charge is 2.06. The van der Waals surface area contributed by atoms with Gasteiger partial charge in [-0.05, 0) is 25.0 Å². The molecular formula is C13H17N3. The third kappa shape index (κ3) is 1.94. The number of hydrogen-bond donors (Lipinski definition) is 1. The normalized spacial score (nSPS) is 10.6. The zero-order valence-corrected chi connectivity index (χ0v) is 9.77. The summed E-state index contributed by atoms with van der Waals surface area (Å²) in [4.78, 5) is 0. The molecule has 0 amide bonds. The molecular weight excluding hydrogens is 198 g/mol. The van der Waals surface area contributed by atoms with E-state index >= 15 is 0 Å². The molecule has 0 saturated heterocycles.